The third-order valence-electron chi connectivity index (χ3n) is 3.13. The molecule has 1 saturated heterocycles. The first kappa shape index (κ1) is 13.1. The van der Waals surface area contributed by atoms with Gasteiger partial charge in [-0.1, -0.05) is 6.07 Å². The normalized spacial score (nSPS) is 17.9. The van der Waals surface area contributed by atoms with Gasteiger partial charge in [-0.3, -0.25) is 9.59 Å². The third-order valence-corrected chi connectivity index (χ3v) is 3.13. The standard InChI is InChI=1S/C13H14N2O4/c1-7-8(13(18)19)3-2-4-9(7)15-12(17)10-5-6-11(16)14-10/h2-4,10H,5-6H2,1H3,(H,14,16)(H,15,17)(H,18,19)/t10-/m0/s1. The third kappa shape index (κ3) is 2.73. The first-order chi connectivity index (χ1) is 8.99. The number of benzene rings is 1. The highest BCUT2D eigenvalue weighted by Gasteiger charge is 2.27. The first-order valence-electron chi connectivity index (χ1n) is 5.92. The number of carbonyl (C=O) groups excluding carboxylic acids is 2. The van der Waals surface area contributed by atoms with E-state index < -0.39 is 12.0 Å². The largest absolute Gasteiger partial charge is 0.478 e. The number of nitrogens with one attached hydrogen (secondary N) is 2. The minimum atomic E-state index is -1.04. The van der Waals surface area contributed by atoms with E-state index in [9.17, 15) is 14.4 Å². The number of amides is 2. The molecule has 0 radical (unpaired) electrons. The van der Waals surface area contributed by atoms with Gasteiger partial charge in [-0.25, -0.2) is 4.79 Å². The fourth-order valence-electron chi connectivity index (χ4n) is 2.03. The summed E-state index contributed by atoms with van der Waals surface area (Å²) in [6.45, 7) is 1.63. The highest BCUT2D eigenvalue weighted by molar-refractivity contribution is 6.00. The quantitative estimate of drug-likeness (QED) is 0.754. The van der Waals surface area contributed by atoms with E-state index in [0.29, 0.717) is 24.1 Å². The van der Waals surface area contributed by atoms with E-state index in [1.54, 1.807) is 19.1 Å². The maximum Gasteiger partial charge on any atom is 0.336 e. The molecule has 1 heterocycles. The van der Waals surface area contributed by atoms with Crippen LogP contribution in [0, 0.1) is 6.92 Å². The molecule has 1 aromatic rings. The molecule has 1 fully saturated rings. The van der Waals surface area contributed by atoms with Crippen LogP contribution in [-0.4, -0.2) is 28.9 Å². The Labute approximate surface area is 109 Å². The van der Waals surface area contributed by atoms with Crippen LogP contribution in [0.15, 0.2) is 18.2 Å². The second kappa shape index (κ2) is 5.09. The van der Waals surface area contributed by atoms with Gasteiger partial charge in [0.1, 0.15) is 6.04 Å². The molecular formula is C13H14N2O4. The lowest BCUT2D eigenvalue weighted by atomic mass is 10.1. The Morgan fingerprint density at radius 3 is 2.74 bits per heavy atom. The summed E-state index contributed by atoms with van der Waals surface area (Å²) >= 11 is 0. The lowest BCUT2D eigenvalue weighted by Crippen LogP contribution is -2.37. The first-order valence-corrected chi connectivity index (χ1v) is 5.92. The number of carboxylic acid groups (broad SMARTS) is 1. The predicted molar refractivity (Wildman–Crippen MR) is 67.9 cm³/mol. The number of rotatable bonds is 3. The van der Waals surface area contributed by atoms with E-state index in [4.69, 9.17) is 5.11 Å². The van der Waals surface area contributed by atoms with Gasteiger partial charge in [-0.15, -0.1) is 0 Å². The van der Waals surface area contributed by atoms with E-state index in [1.807, 2.05) is 0 Å². The summed E-state index contributed by atoms with van der Waals surface area (Å²) in [4.78, 5) is 34.0. The molecule has 6 heteroatoms. The molecule has 0 spiro atoms. The molecule has 1 aliphatic rings. The lowest BCUT2D eigenvalue weighted by Gasteiger charge is -2.13. The minimum Gasteiger partial charge on any atom is -0.478 e. The molecule has 19 heavy (non-hydrogen) atoms. The van der Waals surface area contributed by atoms with E-state index in [2.05, 4.69) is 10.6 Å². The molecule has 1 atom stereocenters. The Balaban J connectivity index is 2.15. The number of hydrogen-bond donors (Lipinski definition) is 3. The maximum atomic E-state index is 11.9. The number of anilines is 1. The van der Waals surface area contributed by atoms with Gasteiger partial charge >= 0.3 is 5.97 Å². The Hall–Kier alpha value is -2.37. The molecule has 2 rings (SSSR count). The van der Waals surface area contributed by atoms with Gasteiger partial charge in [0.15, 0.2) is 0 Å². The molecule has 3 N–H and O–H groups in total. The van der Waals surface area contributed by atoms with Crippen molar-refractivity contribution in [3.63, 3.8) is 0 Å². The summed E-state index contributed by atoms with van der Waals surface area (Å²) in [6.07, 6.45) is 0.800. The maximum absolute atomic E-state index is 11.9. The number of aromatic carboxylic acids is 1. The van der Waals surface area contributed by atoms with Crippen molar-refractivity contribution in [2.24, 2.45) is 0 Å². The zero-order chi connectivity index (χ0) is 14.0. The van der Waals surface area contributed by atoms with Crippen molar-refractivity contribution in [1.82, 2.24) is 5.32 Å². The second-order valence-electron chi connectivity index (χ2n) is 4.43. The molecule has 0 unspecified atom stereocenters. The number of hydrogen-bond acceptors (Lipinski definition) is 3. The summed E-state index contributed by atoms with van der Waals surface area (Å²) < 4.78 is 0. The van der Waals surface area contributed by atoms with E-state index in [1.165, 1.54) is 6.07 Å². The SMILES string of the molecule is Cc1c(NC(=O)[C@@H]2CCC(=O)N2)cccc1C(=O)O. The highest BCUT2D eigenvalue weighted by atomic mass is 16.4. The van der Waals surface area contributed by atoms with Crippen molar-refractivity contribution in [3.8, 4) is 0 Å². The summed E-state index contributed by atoms with van der Waals surface area (Å²) in [7, 11) is 0. The van der Waals surface area contributed by atoms with Crippen LogP contribution >= 0.6 is 0 Å². The molecule has 0 aliphatic carbocycles. The van der Waals surface area contributed by atoms with Gasteiger partial charge in [0, 0.05) is 12.1 Å². The van der Waals surface area contributed by atoms with Crippen LogP contribution in [0.2, 0.25) is 0 Å². The zero-order valence-corrected chi connectivity index (χ0v) is 10.4. The van der Waals surface area contributed by atoms with Crippen LogP contribution in [0.3, 0.4) is 0 Å². The summed E-state index contributed by atoms with van der Waals surface area (Å²) in [5, 5.41) is 14.2. The minimum absolute atomic E-state index is 0.142. The Morgan fingerprint density at radius 1 is 1.42 bits per heavy atom. The predicted octanol–water partition coefficient (Wildman–Crippen LogP) is 0.910. The topological polar surface area (TPSA) is 95.5 Å². The van der Waals surface area contributed by atoms with Gasteiger partial charge < -0.3 is 15.7 Å². The van der Waals surface area contributed by atoms with Crippen molar-refractivity contribution in [1.29, 1.82) is 0 Å². The molecule has 0 saturated carbocycles. The molecule has 6 nitrogen and oxygen atoms in total. The van der Waals surface area contributed by atoms with E-state index >= 15 is 0 Å². The van der Waals surface area contributed by atoms with Crippen molar-refractivity contribution >= 4 is 23.5 Å². The van der Waals surface area contributed by atoms with Crippen molar-refractivity contribution in [2.75, 3.05) is 5.32 Å². The van der Waals surface area contributed by atoms with Gasteiger partial charge in [0.05, 0.1) is 5.56 Å². The molecule has 1 aromatic carbocycles. The van der Waals surface area contributed by atoms with E-state index in [-0.39, 0.29) is 17.4 Å². The van der Waals surface area contributed by atoms with Gasteiger partial charge in [-0.05, 0) is 31.0 Å². The zero-order valence-electron chi connectivity index (χ0n) is 10.4. The van der Waals surface area contributed by atoms with Crippen LogP contribution in [-0.2, 0) is 9.59 Å². The fourth-order valence-corrected chi connectivity index (χ4v) is 2.03. The Kier molecular flexibility index (Phi) is 3.50. The van der Waals surface area contributed by atoms with Crippen LogP contribution in [0.1, 0.15) is 28.8 Å². The van der Waals surface area contributed by atoms with Crippen molar-refractivity contribution in [2.45, 2.75) is 25.8 Å². The number of carboxylic acids is 1. The average Bonchev–Trinajstić information content (AvgIpc) is 2.78. The van der Waals surface area contributed by atoms with Crippen LogP contribution < -0.4 is 10.6 Å². The monoisotopic (exact) mass is 262 g/mol. The van der Waals surface area contributed by atoms with Crippen LogP contribution in [0.25, 0.3) is 0 Å². The fraction of sp³-hybridized carbons (Fsp3) is 0.308. The molecule has 2 amide bonds. The van der Waals surface area contributed by atoms with E-state index in [0.717, 1.165) is 0 Å². The average molecular weight is 262 g/mol. The molecule has 0 aromatic heterocycles. The molecular weight excluding hydrogens is 248 g/mol. The lowest BCUT2D eigenvalue weighted by molar-refractivity contribution is -0.122. The van der Waals surface area contributed by atoms with Gasteiger partial charge in [0.25, 0.3) is 0 Å². The number of carbonyl (C=O) groups is 3. The molecule has 0 bridgehead atoms. The van der Waals surface area contributed by atoms with Crippen LogP contribution in [0.4, 0.5) is 5.69 Å². The molecule has 1 aliphatic heterocycles. The smallest absolute Gasteiger partial charge is 0.336 e. The highest BCUT2D eigenvalue weighted by Crippen LogP contribution is 2.20. The van der Waals surface area contributed by atoms with Crippen molar-refractivity contribution in [3.05, 3.63) is 29.3 Å². The van der Waals surface area contributed by atoms with Crippen LogP contribution in [0.5, 0.6) is 0 Å². The Morgan fingerprint density at radius 2 is 2.16 bits per heavy atom. The second-order valence-corrected chi connectivity index (χ2v) is 4.43. The Bertz CT molecular complexity index is 554. The molecule has 100 valence electrons. The summed E-state index contributed by atoms with van der Waals surface area (Å²) in [5.74, 6) is -1.50. The van der Waals surface area contributed by atoms with Gasteiger partial charge in [0.2, 0.25) is 11.8 Å². The summed E-state index contributed by atoms with van der Waals surface area (Å²) in [5.41, 5.74) is 1.09. The van der Waals surface area contributed by atoms with Gasteiger partial charge in [-0.2, -0.15) is 0 Å². The summed E-state index contributed by atoms with van der Waals surface area (Å²) in [6, 6.07) is 4.14. The van der Waals surface area contributed by atoms with Crippen molar-refractivity contribution < 1.29 is 19.5 Å².